The van der Waals surface area contributed by atoms with E-state index in [-0.39, 0.29) is 5.91 Å². The number of nitrogens with zero attached hydrogens (tertiary/aromatic N) is 2. The van der Waals surface area contributed by atoms with Crippen molar-refractivity contribution in [3.05, 3.63) is 96.3 Å². The van der Waals surface area contributed by atoms with Gasteiger partial charge in [0.1, 0.15) is 6.04 Å². The number of amides is 1. The maximum absolute atomic E-state index is 12.7. The quantitative estimate of drug-likeness (QED) is 0.642. The Morgan fingerprint density at radius 2 is 1.45 bits per heavy atom. The van der Waals surface area contributed by atoms with E-state index in [1.807, 2.05) is 17.0 Å². The lowest BCUT2D eigenvalue weighted by molar-refractivity contribution is -0.929. The Bertz CT molecular complexity index is 858. The number of aromatic nitrogens is 1. The fourth-order valence-electron chi connectivity index (χ4n) is 3.96. The zero-order chi connectivity index (χ0) is 19.9. The van der Waals surface area contributed by atoms with Crippen LogP contribution in [0.2, 0.25) is 0 Å². The van der Waals surface area contributed by atoms with Crippen molar-refractivity contribution < 1.29 is 9.69 Å². The van der Waals surface area contributed by atoms with E-state index in [1.54, 1.807) is 24.2 Å². The van der Waals surface area contributed by atoms with Gasteiger partial charge in [-0.25, -0.2) is 0 Å². The predicted octanol–water partition coefficient (Wildman–Crippen LogP) is 2.69. The molecule has 1 N–H and O–H groups in total. The van der Waals surface area contributed by atoms with Crippen molar-refractivity contribution >= 4 is 17.7 Å². The highest BCUT2D eigenvalue weighted by molar-refractivity contribution is 8.00. The first-order valence-corrected chi connectivity index (χ1v) is 11.0. The molecule has 148 valence electrons. The van der Waals surface area contributed by atoms with Gasteiger partial charge < -0.3 is 9.80 Å². The minimum Gasteiger partial charge on any atom is -0.331 e. The van der Waals surface area contributed by atoms with Crippen LogP contribution >= 0.6 is 11.8 Å². The van der Waals surface area contributed by atoms with E-state index in [1.165, 1.54) is 16.0 Å². The molecule has 1 aliphatic rings. The van der Waals surface area contributed by atoms with Gasteiger partial charge in [0.25, 0.3) is 0 Å². The van der Waals surface area contributed by atoms with Crippen molar-refractivity contribution in [1.29, 1.82) is 0 Å². The van der Waals surface area contributed by atoms with Crippen LogP contribution in [0, 0.1) is 0 Å². The average molecular weight is 405 g/mol. The molecule has 0 unspecified atom stereocenters. The van der Waals surface area contributed by atoms with Crippen LogP contribution in [0.5, 0.6) is 0 Å². The number of carbonyl (C=O) groups excluding carboxylic acids is 1. The Morgan fingerprint density at radius 3 is 2.00 bits per heavy atom. The molecule has 0 atom stereocenters. The Hall–Kier alpha value is -2.63. The molecule has 0 bridgehead atoms. The van der Waals surface area contributed by atoms with Crippen molar-refractivity contribution in [2.45, 2.75) is 10.9 Å². The summed E-state index contributed by atoms with van der Waals surface area (Å²) in [6.07, 6.45) is 3.53. The first-order valence-electron chi connectivity index (χ1n) is 10.1. The summed E-state index contributed by atoms with van der Waals surface area (Å²) in [6, 6.07) is 25.6. The monoisotopic (exact) mass is 404 g/mol. The molecular formula is C24H26N3OS+. The summed E-state index contributed by atoms with van der Waals surface area (Å²) in [4.78, 5) is 21.3. The zero-order valence-corrected chi connectivity index (χ0v) is 17.2. The van der Waals surface area contributed by atoms with E-state index in [9.17, 15) is 4.79 Å². The number of rotatable bonds is 6. The van der Waals surface area contributed by atoms with Crippen LogP contribution in [0.15, 0.2) is 90.1 Å². The number of benzene rings is 2. The molecule has 2 heterocycles. The van der Waals surface area contributed by atoms with Crippen molar-refractivity contribution in [3.8, 4) is 0 Å². The van der Waals surface area contributed by atoms with Gasteiger partial charge in [-0.05, 0) is 12.1 Å². The fraction of sp³-hybridized carbons (Fsp3) is 0.250. The smallest absolute Gasteiger partial charge is 0.233 e. The molecule has 1 aromatic heterocycles. The normalized spacial score (nSPS) is 14.9. The first-order chi connectivity index (χ1) is 14.3. The molecule has 0 radical (unpaired) electrons. The lowest BCUT2D eigenvalue weighted by atomic mass is 9.96. The van der Waals surface area contributed by atoms with Crippen LogP contribution in [0.1, 0.15) is 17.2 Å². The zero-order valence-electron chi connectivity index (χ0n) is 16.4. The Kier molecular flexibility index (Phi) is 6.60. The SMILES string of the molecule is O=C(CSc1ccncc1)N1CC[NH+](C(c2ccccc2)c2ccccc2)CC1. The van der Waals surface area contributed by atoms with Crippen LogP contribution in [0.25, 0.3) is 0 Å². The van der Waals surface area contributed by atoms with E-state index in [4.69, 9.17) is 0 Å². The molecule has 4 rings (SSSR count). The van der Waals surface area contributed by atoms with Gasteiger partial charge in [-0.1, -0.05) is 60.7 Å². The van der Waals surface area contributed by atoms with E-state index in [2.05, 4.69) is 65.6 Å². The second-order valence-corrected chi connectivity index (χ2v) is 8.31. The van der Waals surface area contributed by atoms with Crippen molar-refractivity contribution in [3.63, 3.8) is 0 Å². The molecule has 1 fully saturated rings. The molecule has 5 heteroatoms. The van der Waals surface area contributed by atoms with Gasteiger partial charge in [-0.15, -0.1) is 11.8 Å². The Morgan fingerprint density at radius 1 is 0.897 bits per heavy atom. The molecule has 29 heavy (non-hydrogen) atoms. The third kappa shape index (κ3) is 5.05. The number of piperazine rings is 1. The highest BCUT2D eigenvalue weighted by atomic mass is 32.2. The molecule has 4 nitrogen and oxygen atoms in total. The molecule has 0 spiro atoms. The van der Waals surface area contributed by atoms with Gasteiger partial charge in [0.05, 0.1) is 31.9 Å². The minimum absolute atomic E-state index is 0.224. The summed E-state index contributed by atoms with van der Waals surface area (Å²) in [7, 11) is 0. The summed E-state index contributed by atoms with van der Waals surface area (Å²) in [5.41, 5.74) is 2.67. The highest BCUT2D eigenvalue weighted by Crippen LogP contribution is 2.20. The second kappa shape index (κ2) is 9.72. The van der Waals surface area contributed by atoms with E-state index in [0.717, 1.165) is 31.1 Å². The molecular weight excluding hydrogens is 378 g/mol. The second-order valence-electron chi connectivity index (χ2n) is 7.27. The number of thioether (sulfide) groups is 1. The predicted molar refractivity (Wildman–Crippen MR) is 117 cm³/mol. The van der Waals surface area contributed by atoms with Crippen LogP contribution < -0.4 is 4.90 Å². The average Bonchev–Trinajstić information content (AvgIpc) is 2.80. The topological polar surface area (TPSA) is 37.6 Å². The number of hydrogen-bond acceptors (Lipinski definition) is 3. The van der Waals surface area contributed by atoms with Crippen LogP contribution in [-0.2, 0) is 4.79 Å². The van der Waals surface area contributed by atoms with Crippen molar-refractivity contribution in [1.82, 2.24) is 9.88 Å². The molecule has 2 aromatic carbocycles. The van der Waals surface area contributed by atoms with Gasteiger partial charge in [-0.2, -0.15) is 0 Å². The van der Waals surface area contributed by atoms with E-state index in [0.29, 0.717) is 11.8 Å². The largest absolute Gasteiger partial charge is 0.331 e. The molecule has 3 aromatic rings. The van der Waals surface area contributed by atoms with Crippen molar-refractivity contribution in [2.24, 2.45) is 0 Å². The van der Waals surface area contributed by atoms with Gasteiger partial charge in [-0.3, -0.25) is 9.78 Å². The van der Waals surface area contributed by atoms with Crippen LogP contribution in [-0.4, -0.2) is 47.7 Å². The summed E-state index contributed by atoms with van der Waals surface area (Å²) in [5, 5.41) is 0. The number of carbonyl (C=O) groups is 1. The number of quaternary nitrogens is 1. The third-order valence-electron chi connectivity index (χ3n) is 5.44. The van der Waals surface area contributed by atoms with Crippen LogP contribution in [0.3, 0.4) is 0 Å². The summed E-state index contributed by atoms with van der Waals surface area (Å²) < 4.78 is 0. The maximum atomic E-state index is 12.7. The number of pyridine rings is 1. The first kappa shape index (κ1) is 19.7. The fourth-order valence-corrected chi connectivity index (χ4v) is 4.74. The van der Waals surface area contributed by atoms with Gasteiger partial charge in [0.2, 0.25) is 5.91 Å². The maximum Gasteiger partial charge on any atom is 0.233 e. The summed E-state index contributed by atoms with van der Waals surface area (Å²) in [5.74, 6) is 0.710. The molecule has 1 saturated heterocycles. The summed E-state index contributed by atoms with van der Waals surface area (Å²) >= 11 is 1.59. The van der Waals surface area contributed by atoms with Gasteiger partial charge in [0.15, 0.2) is 0 Å². The van der Waals surface area contributed by atoms with Crippen LogP contribution in [0.4, 0.5) is 0 Å². The van der Waals surface area contributed by atoms with Gasteiger partial charge >= 0.3 is 0 Å². The highest BCUT2D eigenvalue weighted by Gasteiger charge is 2.31. The number of nitrogens with one attached hydrogen (secondary N) is 1. The Labute approximate surface area is 176 Å². The minimum atomic E-state index is 0.224. The lowest BCUT2D eigenvalue weighted by Crippen LogP contribution is -3.15. The Balaban J connectivity index is 1.40. The van der Waals surface area contributed by atoms with E-state index < -0.39 is 0 Å². The lowest BCUT2D eigenvalue weighted by Gasteiger charge is -2.37. The third-order valence-corrected chi connectivity index (χ3v) is 6.44. The summed E-state index contributed by atoms with van der Waals surface area (Å²) in [6.45, 7) is 3.53. The molecule has 1 amide bonds. The standard InChI is InChI=1S/C24H25N3OS/c28-23(19-29-22-11-13-25-14-12-22)26-15-17-27(18-16-26)24(20-7-3-1-4-8-20)21-9-5-2-6-10-21/h1-14,24H,15-19H2/p+1. The van der Waals surface area contributed by atoms with E-state index >= 15 is 0 Å². The molecule has 1 aliphatic heterocycles. The number of hydrogen-bond donors (Lipinski definition) is 1. The van der Waals surface area contributed by atoms with Gasteiger partial charge in [0, 0.05) is 28.4 Å². The molecule has 0 aliphatic carbocycles. The van der Waals surface area contributed by atoms with Crippen molar-refractivity contribution in [2.75, 3.05) is 31.9 Å². The molecule has 0 saturated carbocycles.